The van der Waals surface area contributed by atoms with Crippen LogP contribution >= 0.6 is 0 Å². The van der Waals surface area contributed by atoms with Crippen LogP contribution < -0.4 is 5.32 Å². The number of hydrogen-bond acceptors (Lipinski definition) is 2. The van der Waals surface area contributed by atoms with Gasteiger partial charge in [0.2, 0.25) is 0 Å². The molecule has 0 spiro atoms. The van der Waals surface area contributed by atoms with Crippen molar-refractivity contribution in [2.24, 2.45) is 0 Å². The number of aryl methyl sites for hydroxylation is 1. The number of rotatable bonds is 1. The van der Waals surface area contributed by atoms with E-state index in [4.69, 9.17) is 0 Å². The van der Waals surface area contributed by atoms with E-state index in [-0.39, 0.29) is 0 Å². The Labute approximate surface area is 73.0 Å². The van der Waals surface area contributed by atoms with Crippen molar-refractivity contribution in [1.29, 1.82) is 0 Å². The standard InChI is InChI=1S/C10H12N2/c1-9-5-6-10(12-8-9)4-3-7-11-2/h5-6,8,11H,7H2,1-2H3. The van der Waals surface area contributed by atoms with Crippen LogP contribution in [0.1, 0.15) is 11.3 Å². The summed E-state index contributed by atoms with van der Waals surface area (Å²) in [4.78, 5) is 4.15. The zero-order valence-corrected chi connectivity index (χ0v) is 7.39. The molecule has 0 unspecified atom stereocenters. The summed E-state index contributed by atoms with van der Waals surface area (Å²) in [6.07, 6.45) is 1.82. The third-order valence-corrected chi connectivity index (χ3v) is 1.39. The van der Waals surface area contributed by atoms with Gasteiger partial charge in [-0.15, -0.1) is 0 Å². The molecule has 0 aliphatic rings. The van der Waals surface area contributed by atoms with Gasteiger partial charge in [-0.3, -0.25) is 0 Å². The van der Waals surface area contributed by atoms with Crippen molar-refractivity contribution >= 4 is 0 Å². The average Bonchev–Trinajstić information content (AvgIpc) is 2.09. The van der Waals surface area contributed by atoms with Crippen LogP contribution in [0.15, 0.2) is 18.3 Å². The maximum absolute atomic E-state index is 4.15. The summed E-state index contributed by atoms with van der Waals surface area (Å²) in [5.41, 5.74) is 1.99. The van der Waals surface area contributed by atoms with Crippen LogP contribution in [0.25, 0.3) is 0 Å². The first-order chi connectivity index (χ1) is 5.83. The van der Waals surface area contributed by atoms with E-state index >= 15 is 0 Å². The minimum Gasteiger partial charge on any atom is -0.309 e. The van der Waals surface area contributed by atoms with Gasteiger partial charge in [-0.25, -0.2) is 4.98 Å². The fourth-order valence-corrected chi connectivity index (χ4v) is 0.765. The Morgan fingerprint density at radius 3 is 2.92 bits per heavy atom. The molecule has 0 aliphatic heterocycles. The molecule has 0 aliphatic carbocycles. The normalized spacial score (nSPS) is 8.83. The lowest BCUT2D eigenvalue weighted by molar-refractivity contribution is 0.938. The van der Waals surface area contributed by atoms with E-state index in [1.54, 1.807) is 0 Å². The van der Waals surface area contributed by atoms with Gasteiger partial charge in [-0.1, -0.05) is 12.0 Å². The molecule has 0 bridgehead atoms. The third-order valence-electron chi connectivity index (χ3n) is 1.39. The Bertz CT molecular complexity index is 290. The molecular weight excluding hydrogens is 148 g/mol. The van der Waals surface area contributed by atoms with Gasteiger partial charge in [0.1, 0.15) is 5.69 Å². The van der Waals surface area contributed by atoms with Crippen LogP contribution in [0.5, 0.6) is 0 Å². The monoisotopic (exact) mass is 160 g/mol. The average molecular weight is 160 g/mol. The van der Waals surface area contributed by atoms with E-state index < -0.39 is 0 Å². The van der Waals surface area contributed by atoms with Crippen LogP contribution in [-0.2, 0) is 0 Å². The van der Waals surface area contributed by atoms with Gasteiger partial charge in [0.15, 0.2) is 0 Å². The summed E-state index contributed by atoms with van der Waals surface area (Å²) >= 11 is 0. The van der Waals surface area contributed by atoms with Gasteiger partial charge < -0.3 is 5.32 Å². The van der Waals surface area contributed by atoms with Gasteiger partial charge in [-0.2, -0.15) is 0 Å². The maximum Gasteiger partial charge on any atom is 0.113 e. The smallest absolute Gasteiger partial charge is 0.113 e. The highest BCUT2D eigenvalue weighted by atomic mass is 14.8. The molecule has 0 saturated carbocycles. The zero-order chi connectivity index (χ0) is 8.81. The predicted molar refractivity (Wildman–Crippen MR) is 49.8 cm³/mol. The summed E-state index contributed by atoms with van der Waals surface area (Å²) in [5.74, 6) is 5.90. The van der Waals surface area contributed by atoms with Gasteiger partial charge in [0.25, 0.3) is 0 Å². The van der Waals surface area contributed by atoms with Crippen molar-refractivity contribution in [1.82, 2.24) is 10.3 Å². The lowest BCUT2D eigenvalue weighted by atomic mass is 10.3. The van der Waals surface area contributed by atoms with Crippen molar-refractivity contribution in [3.05, 3.63) is 29.6 Å². The van der Waals surface area contributed by atoms with Crippen molar-refractivity contribution in [3.8, 4) is 11.8 Å². The molecule has 1 rings (SSSR count). The number of aromatic nitrogens is 1. The minimum atomic E-state index is 0.704. The molecule has 2 nitrogen and oxygen atoms in total. The van der Waals surface area contributed by atoms with E-state index in [2.05, 4.69) is 22.1 Å². The molecule has 1 aromatic heterocycles. The van der Waals surface area contributed by atoms with Crippen molar-refractivity contribution in [3.63, 3.8) is 0 Å². The third kappa shape index (κ3) is 2.73. The van der Waals surface area contributed by atoms with Gasteiger partial charge in [0.05, 0.1) is 6.54 Å². The Morgan fingerprint density at radius 1 is 1.50 bits per heavy atom. The fraction of sp³-hybridized carbons (Fsp3) is 0.300. The minimum absolute atomic E-state index is 0.704. The molecule has 0 radical (unpaired) electrons. The molecule has 0 atom stereocenters. The lowest BCUT2D eigenvalue weighted by Crippen LogP contribution is -2.04. The summed E-state index contributed by atoms with van der Waals surface area (Å²) in [6, 6.07) is 3.94. The van der Waals surface area contributed by atoms with E-state index in [1.165, 1.54) is 0 Å². The van der Waals surface area contributed by atoms with E-state index in [0.29, 0.717) is 6.54 Å². The molecule has 0 aromatic carbocycles. The summed E-state index contributed by atoms with van der Waals surface area (Å²) < 4.78 is 0. The van der Waals surface area contributed by atoms with Crippen LogP contribution in [0.2, 0.25) is 0 Å². The Morgan fingerprint density at radius 2 is 2.33 bits per heavy atom. The second-order valence-electron chi connectivity index (χ2n) is 2.55. The van der Waals surface area contributed by atoms with E-state index in [0.717, 1.165) is 11.3 Å². The number of pyridine rings is 1. The van der Waals surface area contributed by atoms with Gasteiger partial charge in [-0.05, 0) is 31.5 Å². The van der Waals surface area contributed by atoms with Crippen LogP contribution in [0.3, 0.4) is 0 Å². The Hall–Kier alpha value is -1.33. The fourth-order valence-electron chi connectivity index (χ4n) is 0.765. The topological polar surface area (TPSA) is 24.9 Å². The van der Waals surface area contributed by atoms with Crippen molar-refractivity contribution in [2.45, 2.75) is 6.92 Å². The maximum atomic E-state index is 4.15. The number of hydrogen-bond donors (Lipinski definition) is 1. The summed E-state index contributed by atoms with van der Waals surface area (Å²) in [7, 11) is 1.87. The quantitative estimate of drug-likeness (QED) is 0.619. The molecule has 2 heteroatoms. The molecule has 0 fully saturated rings. The van der Waals surface area contributed by atoms with Crippen LogP contribution in [0.4, 0.5) is 0 Å². The molecule has 1 heterocycles. The van der Waals surface area contributed by atoms with Crippen LogP contribution in [-0.4, -0.2) is 18.6 Å². The van der Waals surface area contributed by atoms with E-state index in [9.17, 15) is 0 Å². The SMILES string of the molecule is CNCC#Cc1ccc(C)cn1. The molecule has 1 N–H and O–H groups in total. The lowest BCUT2D eigenvalue weighted by Gasteiger charge is -1.90. The zero-order valence-electron chi connectivity index (χ0n) is 7.39. The first-order valence-corrected chi connectivity index (χ1v) is 3.89. The Balaban J connectivity index is 2.66. The largest absolute Gasteiger partial charge is 0.309 e. The number of nitrogens with zero attached hydrogens (tertiary/aromatic N) is 1. The van der Waals surface area contributed by atoms with Crippen LogP contribution in [0, 0.1) is 18.8 Å². The molecular formula is C10H12N2. The second kappa shape index (κ2) is 4.53. The molecule has 0 amide bonds. The molecule has 1 aromatic rings. The highest BCUT2D eigenvalue weighted by molar-refractivity contribution is 5.28. The van der Waals surface area contributed by atoms with Crippen molar-refractivity contribution < 1.29 is 0 Å². The summed E-state index contributed by atoms with van der Waals surface area (Å²) in [6.45, 7) is 2.72. The van der Waals surface area contributed by atoms with Gasteiger partial charge in [0, 0.05) is 6.20 Å². The summed E-state index contributed by atoms with van der Waals surface area (Å²) in [5, 5.41) is 2.95. The molecule has 62 valence electrons. The first kappa shape index (κ1) is 8.76. The van der Waals surface area contributed by atoms with Crippen molar-refractivity contribution in [2.75, 3.05) is 13.6 Å². The van der Waals surface area contributed by atoms with Gasteiger partial charge >= 0.3 is 0 Å². The number of nitrogens with one attached hydrogen (secondary N) is 1. The second-order valence-corrected chi connectivity index (χ2v) is 2.55. The first-order valence-electron chi connectivity index (χ1n) is 3.89. The predicted octanol–water partition coefficient (Wildman–Crippen LogP) is 0.961. The molecule has 12 heavy (non-hydrogen) atoms. The highest BCUT2D eigenvalue weighted by Crippen LogP contribution is 1.95. The highest BCUT2D eigenvalue weighted by Gasteiger charge is 1.85. The Kier molecular flexibility index (Phi) is 3.31. The molecule has 0 saturated heterocycles. The van der Waals surface area contributed by atoms with E-state index in [1.807, 2.05) is 32.3 Å².